The molecule has 0 saturated carbocycles. The van der Waals surface area contributed by atoms with Crippen molar-refractivity contribution in [3.63, 3.8) is 0 Å². The van der Waals surface area contributed by atoms with Crippen molar-refractivity contribution in [3.8, 4) is 0 Å². The molecule has 0 radical (unpaired) electrons. The van der Waals surface area contributed by atoms with Crippen LogP contribution in [0.15, 0.2) is 36.5 Å². The van der Waals surface area contributed by atoms with Gasteiger partial charge in [-0.1, -0.05) is 17.7 Å². The number of nitrogens with zero attached hydrogens (tertiary/aromatic N) is 1. The first-order valence-corrected chi connectivity index (χ1v) is 10.8. The number of piperidine rings is 1. The number of halogens is 4. The van der Waals surface area contributed by atoms with Gasteiger partial charge in [0.15, 0.2) is 0 Å². The standard InChI is InChI=1S/C22H22ClF3N4O4/c1-12(34-21(33)22(24,25)26)14-2-4-17(29-19(31)13-6-8-27-9-7-13)16(10-14)20(32)30-18-5-3-15(23)11-28-18/h2-5,10-13,27H,6-9H2,1H3,(H,29,31)(H,28,30,32). The fourth-order valence-corrected chi connectivity index (χ4v) is 3.47. The zero-order valence-corrected chi connectivity index (χ0v) is 18.8. The Kier molecular flexibility index (Phi) is 8.11. The number of anilines is 2. The van der Waals surface area contributed by atoms with Gasteiger partial charge in [0, 0.05) is 12.1 Å². The Morgan fingerprint density at radius 2 is 1.85 bits per heavy atom. The third-order valence-corrected chi connectivity index (χ3v) is 5.43. The van der Waals surface area contributed by atoms with Gasteiger partial charge in [0.2, 0.25) is 5.91 Å². The molecular weight excluding hydrogens is 477 g/mol. The first-order chi connectivity index (χ1) is 16.0. The van der Waals surface area contributed by atoms with Gasteiger partial charge in [0.25, 0.3) is 5.91 Å². The molecule has 34 heavy (non-hydrogen) atoms. The number of esters is 1. The number of carbonyl (C=O) groups excluding carboxylic acids is 3. The topological polar surface area (TPSA) is 109 Å². The summed E-state index contributed by atoms with van der Waals surface area (Å²) in [4.78, 5) is 40.9. The number of carbonyl (C=O) groups is 3. The van der Waals surface area contributed by atoms with Gasteiger partial charge in [-0.3, -0.25) is 9.59 Å². The van der Waals surface area contributed by atoms with E-state index in [9.17, 15) is 27.6 Å². The summed E-state index contributed by atoms with van der Waals surface area (Å²) in [5.41, 5.74) is 0.256. The first kappa shape index (κ1) is 25.4. The molecule has 1 fully saturated rings. The van der Waals surface area contributed by atoms with Crippen LogP contribution in [0.1, 0.15) is 41.8 Å². The number of hydrogen-bond donors (Lipinski definition) is 3. The minimum absolute atomic E-state index is 0.0357. The van der Waals surface area contributed by atoms with Crippen LogP contribution < -0.4 is 16.0 Å². The van der Waals surface area contributed by atoms with Gasteiger partial charge in [0.1, 0.15) is 11.9 Å². The molecule has 0 spiro atoms. The molecule has 0 aliphatic carbocycles. The van der Waals surface area contributed by atoms with Crippen LogP contribution in [-0.2, 0) is 14.3 Å². The van der Waals surface area contributed by atoms with Crippen molar-refractivity contribution >= 4 is 40.9 Å². The first-order valence-electron chi connectivity index (χ1n) is 10.4. The normalized spacial score (nSPS) is 15.3. The molecule has 1 saturated heterocycles. The van der Waals surface area contributed by atoms with E-state index in [1.807, 2.05) is 0 Å². The van der Waals surface area contributed by atoms with Gasteiger partial charge >= 0.3 is 12.1 Å². The van der Waals surface area contributed by atoms with Crippen molar-refractivity contribution in [2.24, 2.45) is 5.92 Å². The van der Waals surface area contributed by atoms with Crippen molar-refractivity contribution < 1.29 is 32.3 Å². The lowest BCUT2D eigenvalue weighted by Gasteiger charge is -2.23. The maximum Gasteiger partial charge on any atom is 0.490 e. The monoisotopic (exact) mass is 498 g/mol. The number of ether oxygens (including phenoxy) is 1. The highest BCUT2D eigenvalue weighted by atomic mass is 35.5. The van der Waals surface area contributed by atoms with Crippen LogP contribution in [0.2, 0.25) is 5.02 Å². The van der Waals surface area contributed by atoms with Crippen LogP contribution >= 0.6 is 11.6 Å². The Morgan fingerprint density at radius 3 is 2.47 bits per heavy atom. The lowest BCUT2D eigenvalue weighted by molar-refractivity contribution is -0.204. The molecule has 1 aromatic carbocycles. The zero-order chi connectivity index (χ0) is 24.9. The van der Waals surface area contributed by atoms with Gasteiger partial charge in [-0.05, 0) is 62.7 Å². The van der Waals surface area contributed by atoms with Gasteiger partial charge in [-0.2, -0.15) is 13.2 Å². The predicted molar refractivity (Wildman–Crippen MR) is 118 cm³/mol. The van der Waals surface area contributed by atoms with Crippen LogP contribution in [0.4, 0.5) is 24.7 Å². The third kappa shape index (κ3) is 6.67. The molecule has 3 rings (SSSR count). The highest BCUT2D eigenvalue weighted by Crippen LogP contribution is 2.28. The predicted octanol–water partition coefficient (Wildman–Crippen LogP) is 4.09. The Balaban J connectivity index is 1.87. The largest absolute Gasteiger partial charge is 0.490 e. The lowest BCUT2D eigenvalue weighted by atomic mass is 9.96. The molecule has 1 aliphatic heterocycles. The smallest absolute Gasteiger partial charge is 0.451 e. The van der Waals surface area contributed by atoms with E-state index in [2.05, 4.69) is 25.7 Å². The SMILES string of the molecule is CC(OC(=O)C(F)(F)F)c1ccc(NC(=O)C2CCNCC2)c(C(=O)Nc2ccc(Cl)cn2)c1. The number of nitrogens with one attached hydrogen (secondary N) is 3. The number of pyridine rings is 1. The summed E-state index contributed by atoms with van der Waals surface area (Å²) in [6, 6.07) is 7.00. The molecule has 12 heteroatoms. The van der Waals surface area contributed by atoms with E-state index in [0.29, 0.717) is 31.0 Å². The van der Waals surface area contributed by atoms with E-state index in [-0.39, 0.29) is 34.5 Å². The molecule has 182 valence electrons. The van der Waals surface area contributed by atoms with E-state index in [1.165, 1.54) is 43.5 Å². The minimum Gasteiger partial charge on any atom is -0.451 e. The summed E-state index contributed by atoms with van der Waals surface area (Å²) in [6.45, 7) is 2.62. The summed E-state index contributed by atoms with van der Waals surface area (Å²) in [5.74, 6) is -3.37. The molecule has 1 aliphatic rings. The average Bonchev–Trinajstić information content (AvgIpc) is 2.80. The molecule has 2 heterocycles. The van der Waals surface area contributed by atoms with Gasteiger partial charge in [0.05, 0.1) is 16.3 Å². The lowest BCUT2D eigenvalue weighted by Crippen LogP contribution is -2.35. The summed E-state index contributed by atoms with van der Waals surface area (Å²) >= 11 is 5.80. The quantitative estimate of drug-likeness (QED) is 0.517. The number of alkyl halides is 3. The summed E-state index contributed by atoms with van der Waals surface area (Å²) in [6.07, 6.45) is -3.87. The molecule has 8 nitrogen and oxygen atoms in total. The second kappa shape index (κ2) is 10.8. The third-order valence-electron chi connectivity index (χ3n) is 5.21. The molecular formula is C22H22ClF3N4O4. The van der Waals surface area contributed by atoms with Crippen molar-refractivity contribution in [3.05, 3.63) is 52.7 Å². The van der Waals surface area contributed by atoms with E-state index < -0.39 is 24.2 Å². The van der Waals surface area contributed by atoms with Crippen LogP contribution in [0.25, 0.3) is 0 Å². The number of benzene rings is 1. The van der Waals surface area contributed by atoms with Crippen molar-refractivity contribution in [2.45, 2.75) is 32.0 Å². The van der Waals surface area contributed by atoms with Crippen LogP contribution in [0, 0.1) is 5.92 Å². The summed E-state index contributed by atoms with van der Waals surface area (Å²) in [5, 5.41) is 8.80. The molecule has 2 amide bonds. The molecule has 3 N–H and O–H groups in total. The fourth-order valence-electron chi connectivity index (χ4n) is 3.36. The van der Waals surface area contributed by atoms with E-state index in [4.69, 9.17) is 11.6 Å². The summed E-state index contributed by atoms with van der Waals surface area (Å²) < 4.78 is 42.2. The van der Waals surface area contributed by atoms with Crippen molar-refractivity contribution in [2.75, 3.05) is 23.7 Å². The highest BCUT2D eigenvalue weighted by Gasteiger charge is 2.42. The van der Waals surface area contributed by atoms with Gasteiger partial charge < -0.3 is 20.7 Å². The maximum absolute atomic E-state index is 13.0. The molecule has 2 aromatic rings. The van der Waals surface area contributed by atoms with E-state index in [0.717, 1.165) is 0 Å². The molecule has 1 unspecified atom stereocenters. The number of amides is 2. The van der Waals surface area contributed by atoms with Crippen molar-refractivity contribution in [1.29, 1.82) is 0 Å². The Morgan fingerprint density at radius 1 is 1.15 bits per heavy atom. The average molecular weight is 499 g/mol. The Bertz CT molecular complexity index is 1060. The van der Waals surface area contributed by atoms with Gasteiger partial charge in [-0.25, -0.2) is 9.78 Å². The maximum atomic E-state index is 13.0. The highest BCUT2D eigenvalue weighted by molar-refractivity contribution is 6.30. The molecule has 1 atom stereocenters. The molecule has 1 aromatic heterocycles. The number of rotatable bonds is 6. The summed E-state index contributed by atoms with van der Waals surface area (Å²) in [7, 11) is 0. The molecule has 0 bridgehead atoms. The number of aromatic nitrogens is 1. The zero-order valence-electron chi connectivity index (χ0n) is 18.0. The van der Waals surface area contributed by atoms with Crippen molar-refractivity contribution in [1.82, 2.24) is 10.3 Å². The van der Waals surface area contributed by atoms with Crippen LogP contribution in [0.5, 0.6) is 0 Å². The Labute approximate surface area is 198 Å². The fraction of sp³-hybridized carbons (Fsp3) is 0.364. The number of hydrogen-bond acceptors (Lipinski definition) is 6. The Hall–Kier alpha value is -3.18. The van der Waals surface area contributed by atoms with E-state index >= 15 is 0 Å². The van der Waals surface area contributed by atoms with Crippen LogP contribution in [-0.4, -0.2) is 42.0 Å². The second-order valence-electron chi connectivity index (χ2n) is 7.68. The van der Waals surface area contributed by atoms with Crippen LogP contribution in [0.3, 0.4) is 0 Å². The minimum atomic E-state index is -5.16. The van der Waals surface area contributed by atoms with Gasteiger partial charge in [-0.15, -0.1) is 0 Å². The second-order valence-corrected chi connectivity index (χ2v) is 8.12. The van der Waals surface area contributed by atoms with E-state index in [1.54, 1.807) is 0 Å².